The quantitative estimate of drug-likeness (QED) is 0.543. The van der Waals surface area contributed by atoms with Gasteiger partial charge in [-0.05, 0) is 25.8 Å². The van der Waals surface area contributed by atoms with E-state index >= 15 is 0 Å². The van der Waals surface area contributed by atoms with E-state index in [4.69, 9.17) is 5.11 Å². The summed E-state index contributed by atoms with van der Waals surface area (Å²) in [5, 5.41) is 19.9. The molecule has 0 aromatic carbocycles. The van der Waals surface area contributed by atoms with E-state index in [2.05, 4.69) is 0 Å². The van der Waals surface area contributed by atoms with Gasteiger partial charge < -0.3 is 10.2 Å². The van der Waals surface area contributed by atoms with Crippen molar-refractivity contribution < 1.29 is 25.1 Å². The van der Waals surface area contributed by atoms with Gasteiger partial charge >= 0.3 is 11.9 Å². The SMILES string of the molecule is CCN(CO)CCCC(=O)[NH2+]C1(C(=O)O)CCCCC1. The molecule has 1 saturated carbocycles. The van der Waals surface area contributed by atoms with E-state index in [1.54, 1.807) is 0 Å². The minimum atomic E-state index is -0.934. The fourth-order valence-electron chi connectivity index (χ4n) is 2.79. The Morgan fingerprint density at radius 3 is 2.40 bits per heavy atom. The largest absolute Gasteiger partial charge is 0.477 e. The number of aliphatic hydroxyl groups excluding tert-OH is 1. The number of amides is 1. The third kappa shape index (κ3) is 4.85. The number of nitrogens with two attached hydrogens (primary N) is 1. The van der Waals surface area contributed by atoms with Crippen molar-refractivity contribution in [2.24, 2.45) is 0 Å². The number of hydrogen-bond donors (Lipinski definition) is 3. The van der Waals surface area contributed by atoms with Crippen LogP contribution in [0.15, 0.2) is 0 Å². The number of carboxylic acids is 1. The second-order valence-corrected chi connectivity index (χ2v) is 5.59. The molecule has 0 saturated heterocycles. The van der Waals surface area contributed by atoms with E-state index in [-0.39, 0.29) is 12.6 Å². The molecular weight excluding hydrogens is 260 g/mol. The molecule has 20 heavy (non-hydrogen) atoms. The van der Waals surface area contributed by atoms with Crippen molar-refractivity contribution in [2.75, 3.05) is 19.8 Å². The summed E-state index contributed by atoms with van der Waals surface area (Å²) in [5.74, 6) is -0.945. The average Bonchev–Trinajstić information content (AvgIpc) is 2.44. The van der Waals surface area contributed by atoms with Crippen LogP contribution in [0.3, 0.4) is 0 Å². The Hall–Kier alpha value is -0.980. The van der Waals surface area contributed by atoms with Crippen molar-refractivity contribution in [2.45, 2.75) is 57.4 Å². The highest BCUT2D eigenvalue weighted by Gasteiger charge is 2.45. The molecule has 0 atom stereocenters. The van der Waals surface area contributed by atoms with E-state index in [0.717, 1.165) is 25.8 Å². The summed E-state index contributed by atoms with van der Waals surface area (Å²) >= 11 is 0. The predicted molar refractivity (Wildman–Crippen MR) is 74.0 cm³/mol. The number of nitrogens with zero attached hydrogens (tertiary/aromatic N) is 1. The average molecular weight is 287 g/mol. The molecular formula is C14H27N2O4+. The van der Waals surface area contributed by atoms with Crippen molar-refractivity contribution in [3.63, 3.8) is 0 Å². The van der Waals surface area contributed by atoms with Crippen molar-refractivity contribution in [1.29, 1.82) is 0 Å². The lowest BCUT2D eigenvalue weighted by Crippen LogP contribution is -3.02. The van der Waals surface area contributed by atoms with Crippen LogP contribution in [0.4, 0.5) is 0 Å². The molecule has 6 heteroatoms. The van der Waals surface area contributed by atoms with Crippen LogP contribution >= 0.6 is 0 Å². The number of aliphatic carboxylic acids is 1. The van der Waals surface area contributed by atoms with Gasteiger partial charge in [0.2, 0.25) is 5.54 Å². The summed E-state index contributed by atoms with van der Waals surface area (Å²) in [5.41, 5.74) is -0.934. The number of carboxylic acid groups (broad SMARTS) is 1. The van der Waals surface area contributed by atoms with Gasteiger partial charge in [-0.1, -0.05) is 13.3 Å². The van der Waals surface area contributed by atoms with Gasteiger partial charge in [-0.25, -0.2) is 9.59 Å². The molecule has 0 bridgehead atoms. The van der Waals surface area contributed by atoms with Crippen LogP contribution < -0.4 is 5.32 Å². The summed E-state index contributed by atoms with van der Waals surface area (Å²) in [6.45, 7) is 3.35. The van der Waals surface area contributed by atoms with Crippen LogP contribution in [-0.2, 0) is 9.59 Å². The van der Waals surface area contributed by atoms with Crippen LogP contribution in [0.1, 0.15) is 51.9 Å². The molecule has 1 fully saturated rings. The first-order valence-corrected chi connectivity index (χ1v) is 7.49. The van der Waals surface area contributed by atoms with Crippen molar-refractivity contribution in [3.05, 3.63) is 0 Å². The Balaban J connectivity index is 2.41. The Kier molecular flexibility index (Phi) is 7.12. The maximum absolute atomic E-state index is 12.0. The first-order valence-electron chi connectivity index (χ1n) is 7.49. The molecule has 116 valence electrons. The van der Waals surface area contributed by atoms with Crippen LogP contribution in [0.5, 0.6) is 0 Å². The summed E-state index contributed by atoms with van der Waals surface area (Å²) < 4.78 is 0. The van der Waals surface area contributed by atoms with Crippen molar-refractivity contribution in [3.8, 4) is 0 Å². The zero-order valence-electron chi connectivity index (χ0n) is 12.3. The highest BCUT2D eigenvalue weighted by Crippen LogP contribution is 2.25. The zero-order chi connectivity index (χ0) is 15.0. The van der Waals surface area contributed by atoms with Gasteiger partial charge in [0.25, 0.3) is 0 Å². The molecule has 1 aliphatic carbocycles. The molecule has 4 N–H and O–H groups in total. The van der Waals surface area contributed by atoms with Crippen LogP contribution in [0.2, 0.25) is 0 Å². The number of aliphatic hydroxyl groups is 1. The van der Waals surface area contributed by atoms with Gasteiger partial charge in [-0.2, -0.15) is 0 Å². The Bertz CT molecular complexity index is 323. The maximum Gasteiger partial charge on any atom is 0.366 e. The minimum Gasteiger partial charge on any atom is -0.477 e. The van der Waals surface area contributed by atoms with Gasteiger partial charge in [0.15, 0.2) is 0 Å². The Labute approximate surface area is 120 Å². The molecule has 1 rings (SSSR count). The Morgan fingerprint density at radius 2 is 1.90 bits per heavy atom. The van der Waals surface area contributed by atoms with E-state index in [1.165, 1.54) is 5.32 Å². The summed E-state index contributed by atoms with van der Waals surface area (Å²) in [6.07, 6.45) is 4.97. The van der Waals surface area contributed by atoms with E-state index in [0.29, 0.717) is 32.2 Å². The molecule has 0 radical (unpaired) electrons. The number of rotatable bonds is 8. The van der Waals surface area contributed by atoms with Crippen LogP contribution in [0.25, 0.3) is 0 Å². The van der Waals surface area contributed by atoms with Gasteiger partial charge in [-0.3, -0.25) is 10.2 Å². The third-order valence-corrected chi connectivity index (χ3v) is 4.15. The molecule has 1 aliphatic rings. The molecule has 0 aromatic rings. The lowest BCUT2D eigenvalue weighted by molar-refractivity contribution is -0.638. The number of primary amides is 1. The van der Waals surface area contributed by atoms with E-state index in [1.807, 2.05) is 11.8 Å². The number of quaternary nitrogens is 1. The lowest BCUT2D eigenvalue weighted by Gasteiger charge is -2.29. The standard InChI is InChI=1S/C14H26N2O4/c1-2-16(11-17)10-6-7-12(18)15-14(13(19)20)8-4-3-5-9-14/h17H,2-11H2,1H3,(H,15,18)(H,19,20)/p+1. The Morgan fingerprint density at radius 1 is 1.25 bits per heavy atom. The van der Waals surface area contributed by atoms with Crippen molar-refractivity contribution in [1.82, 2.24) is 4.90 Å². The molecule has 0 aliphatic heterocycles. The highest BCUT2D eigenvalue weighted by molar-refractivity contribution is 5.79. The number of carbonyl (C=O) groups excluding carboxylic acids is 1. The predicted octanol–water partition coefficient (Wildman–Crippen LogP) is -0.0842. The smallest absolute Gasteiger partial charge is 0.366 e. The molecule has 0 spiro atoms. The van der Waals surface area contributed by atoms with E-state index < -0.39 is 11.5 Å². The molecule has 1 amide bonds. The molecule has 0 unspecified atom stereocenters. The molecule has 0 aromatic heterocycles. The fourth-order valence-corrected chi connectivity index (χ4v) is 2.79. The van der Waals surface area contributed by atoms with Gasteiger partial charge in [-0.15, -0.1) is 0 Å². The second-order valence-electron chi connectivity index (χ2n) is 5.59. The fraction of sp³-hybridized carbons (Fsp3) is 0.857. The highest BCUT2D eigenvalue weighted by atomic mass is 16.4. The minimum absolute atomic E-state index is 0.00648. The van der Waals surface area contributed by atoms with Crippen LogP contribution in [0, 0.1) is 0 Å². The van der Waals surface area contributed by atoms with Gasteiger partial charge in [0.1, 0.15) is 0 Å². The zero-order valence-corrected chi connectivity index (χ0v) is 12.3. The molecule has 6 nitrogen and oxygen atoms in total. The second kappa shape index (κ2) is 8.34. The summed E-state index contributed by atoms with van der Waals surface area (Å²) in [6, 6.07) is 0. The van der Waals surface area contributed by atoms with E-state index in [9.17, 15) is 14.7 Å². The van der Waals surface area contributed by atoms with Gasteiger partial charge in [0.05, 0.1) is 13.2 Å². The topological polar surface area (TPSA) is 94.5 Å². The normalized spacial score (nSPS) is 18.1. The number of hydrogen-bond acceptors (Lipinski definition) is 4. The first-order chi connectivity index (χ1) is 9.54. The van der Waals surface area contributed by atoms with Gasteiger partial charge in [0, 0.05) is 19.4 Å². The third-order valence-electron chi connectivity index (χ3n) is 4.15. The summed E-state index contributed by atoms with van der Waals surface area (Å²) in [4.78, 5) is 25.3. The summed E-state index contributed by atoms with van der Waals surface area (Å²) in [7, 11) is 0. The first kappa shape index (κ1) is 17.1. The maximum atomic E-state index is 12.0. The number of carbonyl (C=O) groups is 2. The van der Waals surface area contributed by atoms with Crippen LogP contribution in [-0.4, -0.2) is 52.3 Å². The monoisotopic (exact) mass is 287 g/mol. The lowest BCUT2D eigenvalue weighted by atomic mass is 9.81. The molecule has 0 heterocycles. The van der Waals surface area contributed by atoms with Crippen molar-refractivity contribution >= 4 is 11.9 Å².